The van der Waals surface area contributed by atoms with E-state index in [4.69, 9.17) is 17.4 Å². The molecule has 0 spiro atoms. The van der Waals surface area contributed by atoms with Crippen molar-refractivity contribution in [3.63, 3.8) is 0 Å². The molecule has 0 radical (unpaired) electrons. The number of rotatable bonds is 6. The van der Waals surface area contributed by atoms with Gasteiger partial charge >= 0.3 is 0 Å². The molecule has 17 heavy (non-hydrogen) atoms. The molecule has 1 rings (SSSR count). The van der Waals surface area contributed by atoms with E-state index in [-0.39, 0.29) is 16.9 Å². The Bertz CT molecular complexity index is 357. The molecule has 0 saturated carbocycles. The first-order valence-electron chi connectivity index (χ1n) is 6.00. The maximum absolute atomic E-state index is 13.8. The Hall–Kier alpha value is -0.640. The van der Waals surface area contributed by atoms with Gasteiger partial charge in [-0.1, -0.05) is 50.4 Å². The highest BCUT2D eigenvalue weighted by Crippen LogP contribution is 2.28. The maximum atomic E-state index is 13.8. The molecule has 1 aromatic rings. The lowest BCUT2D eigenvalue weighted by molar-refractivity contribution is 0.385. The van der Waals surface area contributed by atoms with Crippen LogP contribution in [0.5, 0.6) is 0 Å². The van der Waals surface area contributed by atoms with Crippen LogP contribution in [-0.2, 0) is 0 Å². The lowest BCUT2D eigenvalue weighted by Gasteiger charge is -2.21. The monoisotopic (exact) mass is 258 g/mol. The van der Waals surface area contributed by atoms with Crippen molar-refractivity contribution < 1.29 is 4.39 Å². The number of hydrogen-bond acceptors (Lipinski definition) is 2. The van der Waals surface area contributed by atoms with Crippen LogP contribution in [-0.4, -0.2) is 0 Å². The van der Waals surface area contributed by atoms with E-state index in [9.17, 15) is 4.39 Å². The van der Waals surface area contributed by atoms with E-state index in [0.29, 0.717) is 11.5 Å². The molecule has 0 heterocycles. The van der Waals surface area contributed by atoms with Crippen LogP contribution in [0, 0.1) is 11.7 Å². The van der Waals surface area contributed by atoms with Crippen LogP contribution in [0.1, 0.15) is 44.7 Å². The third-order valence-corrected chi connectivity index (χ3v) is 3.27. The van der Waals surface area contributed by atoms with Crippen molar-refractivity contribution in [1.82, 2.24) is 5.43 Å². The molecule has 0 aliphatic heterocycles. The Morgan fingerprint density at radius 1 is 1.47 bits per heavy atom. The summed E-state index contributed by atoms with van der Waals surface area (Å²) in [5.74, 6) is 5.63. The molecule has 2 atom stereocenters. The van der Waals surface area contributed by atoms with Gasteiger partial charge in [0, 0.05) is 11.6 Å². The van der Waals surface area contributed by atoms with Crippen molar-refractivity contribution in [2.24, 2.45) is 11.8 Å². The van der Waals surface area contributed by atoms with E-state index in [0.717, 1.165) is 19.3 Å². The predicted octanol–water partition coefficient (Wildman–Crippen LogP) is 3.81. The first kappa shape index (κ1) is 14.4. The predicted molar refractivity (Wildman–Crippen MR) is 70.2 cm³/mol. The first-order valence-corrected chi connectivity index (χ1v) is 6.38. The van der Waals surface area contributed by atoms with E-state index >= 15 is 0 Å². The molecule has 0 bridgehead atoms. The average molecular weight is 259 g/mol. The van der Waals surface area contributed by atoms with Gasteiger partial charge in [0.05, 0.1) is 5.02 Å². The molecule has 2 nitrogen and oxygen atoms in total. The lowest BCUT2D eigenvalue weighted by Crippen LogP contribution is -2.30. The number of benzene rings is 1. The second-order valence-corrected chi connectivity index (χ2v) is 4.90. The van der Waals surface area contributed by atoms with Crippen molar-refractivity contribution in [3.05, 3.63) is 34.6 Å². The lowest BCUT2D eigenvalue weighted by atomic mass is 9.93. The van der Waals surface area contributed by atoms with Gasteiger partial charge in [-0.3, -0.25) is 11.3 Å². The fraction of sp³-hybridized carbons (Fsp3) is 0.538. The van der Waals surface area contributed by atoms with Gasteiger partial charge < -0.3 is 0 Å². The van der Waals surface area contributed by atoms with Crippen LogP contribution in [0.25, 0.3) is 0 Å². The maximum Gasteiger partial charge on any atom is 0.146 e. The first-order chi connectivity index (χ1) is 8.10. The third-order valence-electron chi connectivity index (χ3n) is 2.98. The molecule has 0 aliphatic carbocycles. The fourth-order valence-corrected chi connectivity index (χ4v) is 2.27. The topological polar surface area (TPSA) is 38.0 Å². The minimum Gasteiger partial charge on any atom is -0.271 e. The Kier molecular flexibility index (Phi) is 5.89. The quantitative estimate of drug-likeness (QED) is 0.602. The Labute approximate surface area is 107 Å². The minimum absolute atomic E-state index is 0.144. The summed E-state index contributed by atoms with van der Waals surface area (Å²) in [6, 6.07) is 4.83. The molecule has 0 amide bonds. The number of hydrazine groups is 1. The fourth-order valence-electron chi connectivity index (χ4n) is 2.09. The molecule has 3 N–H and O–H groups in total. The molecule has 96 valence electrons. The van der Waals surface area contributed by atoms with Gasteiger partial charge in [0.2, 0.25) is 0 Å². The molecule has 0 saturated heterocycles. The van der Waals surface area contributed by atoms with Crippen molar-refractivity contribution in [3.8, 4) is 0 Å². The van der Waals surface area contributed by atoms with Gasteiger partial charge in [-0.2, -0.15) is 0 Å². The highest BCUT2D eigenvalue weighted by atomic mass is 35.5. The van der Waals surface area contributed by atoms with Gasteiger partial charge in [-0.25, -0.2) is 4.39 Å². The summed E-state index contributed by atoms with van der Waals surface area (Å²) >= 11 is 5.77. The third kappa shape index (κ3) is 3.95. The summed E-state index contributed by atoms with van der Waals surface area (Å²) in [5.41, 5.74) is 3.22. The number of nitrogens with two attached hydrogens (primary N) is 1. The van der Waals surface area contributed by atoms with Crippen molar-refractivity contribution >= 4 is 11.6 Å². The highest BCUT2D eigenvalue weighted by molar-refractivity contribution is 6.30. The van der Waals surface area contributed by atoms with Crippen LogP contribution in [0.3, 0.4) is 0 Å². The van der Waals surface area contributed by atoms with E-state index < -0.39 is 0 Å². The molecular formula is C13H20ClFN2. The van der Waals surface area contributed by atoms with E-state index in [1.807, 2.05) is 0 Å². The molecule has 1 aromatic carbocycles. The van der Waals surface area contributed by atoms with Crippen molar-refractivity contribution in [2.45, 2.75) is 39.2 Å². The Balaban J connectivity index is 2.82. The number of nitrogens with one attached hydrogen (secondary N) is 1. The zero-order valence-electron chi connectivity index (χ0n) is 10.3. The standard InChI is InChI=1S/C13H20ClFN2/c1-3-5-9(2)8-12(17-16)10-6-4-7-11(14)13(10)15/h4,6-7,9,12,17H,3,5,8,16H2,1-2H3. The number of hydrogen-bond donors (Lipinski definition) is 2. The zero-order valence-corrected chi connectivity index (χ0v) is 11.1. The molecule has 0 fully saturated rings. The minimum atomic E-state index is -0.374. The summed E-state index contributed by atoms with van der Waals surface area (Å²) < 4.78 is 13.8. The van der Waals surface area contributed by atoms with E-state index in [1.165, 1.54) is 0 Å². The SMILES string of the molecule is CCCC(C)CC(NN)c1cccc(Cl)c1F. The molecule has 2 unspecified atom stereocenters. The molecule has 0 aromatic heterocycles. The van der Waals surface area contributed by atoms with Gasteiger partial charge in [-0.05, 0) is 18.4 Å². The van der Waals surface area contributed by atoms with Crippen LogP contribution in [0.2, 0.25) is 5.02 Å². The summed E-state index contributed by atoms with van der Waals surface area (Å²) in [6.45, 7) is 4.29. The van der Waals surface area contributed by atoms with E-state index in [2.05, 4.69) is 19.3 Å². The molecule has 4 heteroatoms. The summed E-state index contributed by atoms with van der Waals surface area (Å²) in [7, 11) is 0. The van der Waals surface area contributed by atoms with Gasteiger partial charge in [0.15, 0.2) is 0 Å². The van der Waals surface area contributed by atoms with Crippen LogP contribution >= 0.6 is 11.6 Å². The summed E-state index contributed by atoms with van der Waals surface area (Å²) in [5, 5.41) is 0.144. The van der Waals surface area contributed by atoms with Gasteiger partial charge in [0.1, 0.15) is 5.82 Å². The van der Waals surface area contributed by atoms with E-state index in [1.54, 1.807) is 18.2 Å². The van der Waals surface area contributed by atoms with Crippen LogP contribution < -0.4 is 11.3 Å². The molecular weight excluding hydrogens is 239 g/mol. The Morgan fingerprint density at radius 2 is 2.18 bits per heavy atom. The Morgan fingerprint density at radius 3 is 2.76 bits per heavy atom. The van der Waals surface area contributed by atoms with Crippen molar-refractivity contribution in [2.75, 3.05) is 0 Å². The van der Waals surface area contributed by atoms with Gasteiger partial charge in [-0.15, -0.1) is 0 Å². The van der Waals surface area contributed by atoms with Crippen molar-refractivity contribution in [1.29, 1.82) is 0 Å². The highest BCUT2D eigenvalue weighted by Gasteiger charge is 2.18. The normalized spacial score (nSPS) is 14.6. The average Bonchev–Trinajstić information content (AvgIpc) is 2.30. The van der Waals surface area contributed by atoms with Crippen LogP contribution in [0.15, 0.2) is 18.2 Å². The van der Waals surface area contributed by atoms with Gasteiger partial charge in [0.25, 0.3) is 0 Å². The number of halogens is 2. The zero-order chi connectivity index (χ0) is 12.8. The molecule has 0 aliphatic rings. The summed E-state index contributed by atoms with van der Waals surface area (Å²) in [4.78, 5) is 0. The largest absolute Gasteiger partial charge is 0.271 e. The smallest absolute Gasteiger partial charge is 0.146 e. The second kappa shape index (κ2) is 6.94. The summed E-state index contributed by atoms with van der Waals surface area (Å²) in [6.07, 6.45) is 3.04. The second-order valence-electron chi connectivity index (χ2n) is 4.49. The van der Waals surface area contributed by atoms with Crippen LogP contribution in [0.4, 0.5) is 4.39 Å².